The number of nitrogens with zero attached hydrogens (tertiary/aromatic N) is 1. The molecule has 2 aromatic carbocycles. The first-order valence-corrected chi connectivity index (χ1v) is 9.62. The van der Waals surface area contributed by atoms with Crippen LogP contribution in [-0.2, 0) is 17.8 Å². The predicted molar refractivity (Wildman–Crippen MR) is 110 cm³/mol. The lowest BCUT2D eigenvalue weighted by Crippen LogP contribution is -2.39. The van der Waals surface area contributed by atoms with Crippen LogP contribution in [0.15, 0.2) is 35.1 Å². The zero-order valence-corrected chi connectivity index (χ0v) is 16.8. The number of aromatic nitrogens is 1. The van der Waals surface area contributed by atoms with Crippen LogP contribution in [0.1, 0.15) is 11.3 Å². The topological polar surface area (TPSA) is 74.4 Å². The van der Waals surface area contributed by atoms with Gasteiger partial charge in [0.2, 0.25) is 5.91 Å². The molecule has 0 aliphatic carbocycles. The van der Waals surface area contributed by atoms with Crippen LogP contribution >= 0.6 is 11.6 Å². The minimum absolute atomic E-state index is 0.0707. The van der Waals surface area contributed by atoms with Crippen LogP contribution in [-0.4, -0.2) is 36.0 Å². The van der Waals surface area contributed by atoms with Gasteiger partial charge in [0.25, 0.3) is 0 Å². The van der Waals surface area contributed by atoms with E-state index in [9.17, 15) is 18.4 Å². The van der Waals surface area contributed by atoms with Crippen molar-refractivity contribution in [2.24, 2.45) is 0 Å². The predicted octanol–water partition coefficient (Wildman–Crippen LogP) is 3.47. The van der Waals surface area contributed by atoms with E-state index in [-0.39, 0.29) is 24.2 Å². The normalized spacial score (nSPS) is 13.9. The average Bonchev–Trinajstić information content (AvgIpc) is 2.71. The molecule has 3 aromatic rings. The van der Waals surface area contributed by atoms with Gasteiger partial charge in [0.1, 0.15) is 17.4 Å². The van der Waals surface area contributed by atoms with Gasteiger partial charge >= 0.3 is 0 Å². The van der Waals surface area contributed by atoms with E-state index in [1.165, 1.54) is 7.11 Å². The van der Waals surface area contributed by atoms with Gasteiger partial charge in [-0.1, -0.05) is 11.6 Å². The summed E-state index contributed by atoms with van der Waals surface area (Å²) in [5.74, 6) is -1.35. The molecule has 30 heavy (non-hydrogen) atoms. The number of fused-ring (bicyclic) bond motifs is 2. The first-order chi connectivity index (χ1) is 14.4. The summed E-state index contributed by atoms with van der Waals surface area (Å²) in [7, 11) is 1.52. The molecule has 1 amide bonds. The standard InChI is InChI=1S/C21H18ClF2N3O3/c1-30-17-5-3-13(22)19-20(17)26-15-6-7-27(9-12(15)21(19)29)10-18(28)25-16-8-11(23)2-4-14(16)24/h2-5,8H,6-7,9-10H2,1H3,(H,25,28)(H,26,29). The highest BCUT2D eigenvalue weighted by Gasteiger charge is 2.24. The largest absolute Gasteiger partial charge is 0.495 e. The number of nitrogens with one attached hydrogen (secondary N) is 2. The highest BCUT2D eigenvalue weighted by molar-refractivity contribution is 6.35. The summed E-state index contributed by atoms with van der Waals surface area (Å²) in [6.45, 7) is 0.669. The Morgan fingerprint density at radius 1 is 1.30 bits per heavy atom. The number of carbonyl (C=O) groups excluding carboxylic acids is 1. The second kappa shape index (κ2) is 8.04. The maximum absolute atomic E-state index is 13.7. The molecule has 0 fully saturated rings. The molecule has 0 spiro atoms. The SMILES string of the molecule is COc1ccc(Cl)c2c(=O)c3c([nH]c12)CCN(CC(=O)Nc1cc(F)ccc1F)C3. The monoisotopic (exact) mass is 433 g/mol. The molecule has 9 heteroatoms. The molecule has 2 N–H and O–H groups in total. The smallest absolute Gasteiger partial charge is 0.238 e. The van der Waals surface area contributed by atoms with Gasteiger partial charge in [-0.05, 0) is 24.3 Å². The van der Waals surface area contributed by atoms with Gasteiger partial charge in [0.15, 0.2) is 5.43 Å². The van der Waals surface area contributed by atoms with Gasteiger partial charge in [0, 0.05) is 36.8 Å². The number of aromatic amines is 1. The van der Waals surface area contributed by atoms with Crippen molar-refractivity contribution in [2.45, 2.75) is 13.0 Å². The zero-order valence-electron chi connectivity index (χ0n) is 16.0. The summed E-state index contributed by atoms with van der Waals surface area (Å²) in [6, 6.07) is 6.14. The van der Waals surface area contributed by atoms with Gasteiger partial charge in [-0.15, -0.1) is 0 Å². The molecule has 2 heterocycles. The van der Waals surface area contributed by atoms with Crippen LogP contribution in [0.4, 0.5) is 14.5 Å². The minimum Gasteiger partial charge on any atom is -0.495 e. The number of carbonyl (C=O) groups is 1. The maximum Gasteiger partial charge on any atom is 0.238 e. The average molecular weight is 434 g/mol. The summed E-state index contributed by atoms with van der Waals surface area (Å²) in [5.41, 5.74) is 1.39. The van der Waals surface area contributed by atoms with E-state index in [1.54, 1.807) is 17.0 Å². The number of rotatable bonds is 4. The van der Waals surface area contributed by atoms with Crippen molar-refractivity contribution < 1.29 is 18.3 Å². The third-order valence-corrected chi connectivity index (χ3v) is 5.42. The van der Waals surface area contributed by atoms with Crippen molar-refractivity contribution in [2.75, 3.05) is 25.5 Å². The molecule has 156 valence electrons. The fourth-order valence-electron chi connectivity index (χ4n) is 3.66. The molecule has 0 bridgehead atoms. The van der Waals surface area contributed by atoms with E-state index in [1.807, 2.05) is 0 Å². The Kier molecular flexibility index (Phi) is 5.44. The molecule has 0 saturated heterocycles. The van der Waals surface area contributed by atoms with E-state index in [0.717, 1.165) is 23.9 Å². The lowest BCUT2D eigenvalue weighted by atomic mass is 10.0. The third kappa shape index (κ3) is 3.76. The molecule has 0 radical (unpaired) electrons. The summed E-state index contributed by atoms with van der Waals surface area (Å²) in [4.78, 5) is 30.4. The van der Waals surface area contributed by atoms with Crippen molar-refractivity contribution in [3.8, 4) is 5.75 Å². The zero-order chi connectivity index (χ0) is 21.4. The van der Waals surface area contributed by atoms with Crippen LogP contribution in [0.25, 0.3) is 10.9 Å². The first-order valence-electron chi connectivity index (χ1n) is 9.25. The number of benzene rings is 2. The lowest BCUT2D eigenvalue weighted by Gasteiger charge is -2.28. The minimum atomic E-state index is -0.722. The molecule has 1 aromatic heterocycles. The van der Waals surface area contributed by atoms with E-state index in [0.29, 0.717) is 40.2 Å². The Balaban J connectivity index is 1.57. The Morgan fingerprint density at radius 3 is 2.87 bits per heavy atom. The Hall–Kier alpha value is -2.97. The van der Waals surface area contributed by atoms with E-state index >= 15 is 0 Å². The van der Waals surface area contributed by atoms with Crippen LogP contribution in [0.3, 0.4) is 0 Å². The van der Waals surface area contributed by atoms with Crippen molar-refractivity contribution in [3.63, 3.8) is 0 Å². The molecular weight excluding hydrogens is 416 g/mol. The summed E-state index contributed by atoms with van der Waals surface area (Å²) < 4.78 is 32.4. The van der Waals surface area contributed by atoms with Gasteiger partial charge in [-0.2, -0.15) is 0 Å². The van der Waals surface area contributed by atoms with Crippen LogP contribution in [0.2, 0.25) is 5.02 Å². The van der Waals surface area contributed by atoms with Crippen LogP contribution in [0.5, 0.6) is 5.75 Å². The summed E-state index contributed by atoms with van der Waals surface area (Å²) in [5, 5.41) is 3.02. The highest BCUT2D eigenvalue weighted by Crippen LogP contribution is 2.30. The lowest BCUT2D eigenvalue weighted by molar-refractivity contribution is -0.117. The number of H-pyrrole nitrogens is 1. The molecule has 0 unspecified atom stereocenters. The fraction of sp³-hybridized carbons (Fsp3) is 0.238. The van der Waals surface area contributed by atoms with Crippen LogP contribution in [0, 0.1) is 11.6 Å². The highest BCUT2D eigenvalue weighted by atomic mass is 35.5. The third-order valence-electron chi connectivity index (χ3n) is 5.11. The number of halogens is 3. The Morgan fingerprint density at radius 2 is 2.10 bits per heavy atom. The number of amides is 1. The quantitative estimate of drug-likeness (QED) is 0.660. The van der Waals surface area contributed by atoms with Gasteiger partial charge < -0.3 is 15.0 Å². The summed E-state index contributed by atoms with van der Waals surface area (Å²) >= 11 is 6.25. The fourth-order valence-corrected chi connectivity index (χ4v) is 3.91. The number of hydrogen-bond donors (Lipinski definition) is 2. The van der Waals surface area contributed by atoms with E-state index < -0.39 is 17.5 Å². The molecule has 6 nitrogen and oxygen atoms in total. The Bertz CT molecular complexity index is 1210. The van der Waals surface area contributed by atoms with Crippen molar-refractivity contribution in [1.29, 1.82) is 0 Å². The Labute approximate surface area is 175 Å². The molecule has 1 aliphatic rings. The second-order valence-corrected chi connectivity index (χ2v) is 7.45. The van der Waals surface area contributed by atoms with Crippen molar-refractivity contribution >= 4 is 34.1 Å². The van der Waals surface area contributed by atoms with Crippen molar-refractivity contribution in [1.82, 2.24) is 9.88 Å². The number of pyridine rings is 1. The molecule has 0 saturated carbocycles. The summed E-state index contributed by atoms with van der Waals surface area (Å²) in [6.07, 6.45) is 0.512. The number of hydrogen-bond acceptors (Lipinski definition) is 4. The first kappa shape index (κ1) is 20.3. The maximum atomic E-state index is 13.7. The van der Waals surface area contributed by atoms with E-state index in [4.69, 9.17) is 16.3 Å². The number of anilines is 1. The van der Waals surface area contributed by atoms with Crippen LogP contribution < -0.4 is 15.5 Å². The molecule has 4 rings (SSSR count). The van der Waals surface area contributed by atoms with Gasteiger partial charge in [0.05, 0.1) is 35.3 Å². The number of methoxy groups -OCH3 is 1. The molecule has 1 aliphatic heterocycles. The molecule has 0 atom stereocenters. The molecular formula is C21H18ClF2N3O3. The van der Waals surface area contributed by atoms with Gasteiger partial charge in [-0.25, -0.2) is 8.78 Å². The second-order valence-electron chi connectivity index (χ2n) is 7.04. The number of ether oxygens (including phenoxy) is 1. The van der Waals surface area contributed by atoms with Gasteiger partial charge in [-0.3, -0.25) is 14.5 Å². The van der Waals surface area contributed by atoms with E-state index in [2.05, 4.69) is 10.3 Å². The van der Waals surface area contributed by atoms with Crippen molar-refractivity contribution in [3.05, 3.63) is 68.5 Å².